The Morgan fingerprint density at radius 1 is 1.00 bits per heavy atom. The highest BCUT2D eigenvalue weighted by molar-refractivity contribution is 7.89. The van der Waals surface area contributed by atoms with E-state index < -0.39 is 10.0 Å². The van der Waals surface area contributed by atoms with Crippen molar-refractivity contribution in [2.75, 3.05) is 26.0 Å². The Morgan fingerprint density at radius 2 is 1.52 bits per heavy atom. The molecular formula is C15H25N3O2S. The molecule has 1 aromatic carbocycles. The van der Waals surface area contributed by atoms with Crippen molar-refractivity contribution in [2.24, 2.45) is 5.73 Å². The summed E-state index contributed by atoms with van der Waals surface area (Å²) in [7, 11) is 1.80. The van der Waals surface area contributed by atoms with E-state index in [-0.39, 0.29) is 0 Å². The van der Waals surface area contributed by atoms with Crippen LogP contribution in [0.5, 0.6) is 0 Å². The molecular weight excluding hydrogens is 286 g/mol. The lowest BCUT2D eigenvalue weighted by Crippen LogP contribution is -2.38. The Bertz CT molecular complexity index is 561. The smallest absolute Gasteiger partial charge is 0.242 e. The van der Waals surface area contributed by atoms with Gasteiger partial charge < -0.3 is 10.6 Å². The summed E-state index contributed by atoms with van der Waals surface area (Å²) < 4.78 is 25.3. The van der Waals surface area contributed by atoms with Crippen molar-refractivity contribution in [1.29, 1.82) is 0 Å². The maximum Gasteiger partial charge on any atom is 0.242 e. The SMILES string of the molecule is CN(c1ccc(S(=O)(=O)N(C)C)cc1)C1CCC(N)CC1. The van der Waals surface area contributed by atoms with Gasteiger partial charge in [0.05, 0.1) is 4.90 Å². The monoisotopic (exact) mass is 311 g/mol. The fourth-order valence-corrected chi connectivity index (χ4v) is 3.67. The van der Waals surface area contributed by atoms with Crippen molar-refractivity contribution in [3.63, 3.8) is 0 Å². The van der Waals surface area contributed by atoms with Crippen LogP contribution < -0.4 is 10.6 Å². The van der Waals surface area contributed by atoms with Gasteiger partial charge in [0.2, 0.25) is 10.0 Å². The Labute approximate surface area is 127 Å². The quantitative estimate of drug-likeness (QED) is 0.918. The van der Waals surface area contributed by atoms with Crippen LogP contribution in [0.1, 0.15) is 25.7 Å². The molecule has 1 aliphatic carbocycles. The molecule has 0 radical (unpaired) electrons. The van der Waals surface area contributed by atoms with Gasteiger partial charge in [0, 0.05) is 38.9 Å². The second-order valence-electron chi connectivity index (χ2n) is 5.96. The first-order valence-electron chi connectivity index (χ1n) is 7.33. The number of sulfonamides is 1. The van der Waals surface area contributed by atoms with Crippen LogP contribution in [0.15, 0.2) is 29.2 Å². The van der Waals surface area contributed by atoms with Crippen molar-refractivity contribution < 1.29 is 8.42 Å². The van der Waals surface area contributed by atoms with Gasteiger partial charge in [-0.2, -0.15) is 0 Å². The average Bonchev–Trinajstić information content (AvgIpc) is 2.47. The standard InChI is InChI=1S/C15H25N3O2S/c1-17(2)21(19,20)15-10-8-14(9-11-15)18(3)13-6-4-12(16)5-7-13/h8-13H,4-7,16H2,1-3H3. The molecule has 118 valence electrons. The summed E-state index contributed by atoms with van der Waals surface area (Å²) >= 11 is 0. The molecule has 0 unspecified atom stereocenters. The molecule has 2 N–H and O–H groups in total. The molecule has 0 aliphatic heterocycles. The third-order valence-corrected chi connectivity index (χ3v) is 6.14. The van der Waals surface area contributed by atoms with Crippen LogP contribution in [0, 0.1) is 0 Å². The summed E-state index contributed by atoms with van der Waals surface area (Å²) in [5, 5.41) is 0. The van der Waals surface area contributed by atoms with Crippen LogP contribution >= 0.6 is 0 Å². The summed E-state index contributed by atoms with van der Waals surface area (Å²) in [5.74, 6) is 0. The number of hydrogen-bond donors (Lipinski definition) is 1. The van der Waals surface area contributed by atoms with E-state index in [0.717, 1.165) is 31.4 Å². The molecule has 1 aliphatic rings. The first kappa shape index (κ1) is 16.3. The lowest BCUT2D eigenvalue weighted by Gasteiger charge is -2.35. The fraction of sp³-hybridized carbons (Fsp3) is 0.600. The van der Waals surface area contributed by atoms with Crippen LogP contribution in [0.25, 0.3) is 0 Å². The van der Waals surface area contributed by atoms with Gasteiger partial charge in [-0.25, -0.2) is 12.7 Å². The van der Waals surface area contributed by atoms with Gasteiger partial charge in [-0.05, 0) is 49.9 Å². The van der Waals surface area contributed by atoms with Gasteiger partial charge >= 0.3 is 0 Å². The molecule has 2 rings (SSSR count). The van der Waals surface area contributed by atoms with Crippen molar-refractivity contribution in [1.82, 2.24) is 4.31 Å². The summed E-state index contributed by atoms with van der Waals surface area (Å²) in [6.45, 7) is 0. The van der Waals surface area contributed by atoms with Gasteiger partial charge in [0.15, 0.2) is 0 Å². The maximum atomic E-state index is 12.0. The first-order chi connectivity index (χ1) is 9.82. The minimum Gasteiger partial charge on any atom is -0.372 e. The van der Waals surface area contributed by atoms with E-state index >= 15 is 0 Å². The van der Waals surface area contributed by atoms with E-state index in [2.05, 4.69) is 11.9 Å². The van der Waals surface area contributed by atoms with Gasteiger partial charge in [-0.1, -0.05) is 0 Å². The molecule has 1 saturated carbocycles. The van der Waals surface area contributed by atoms with Gasteiger partial charge in [0.1, 0.15) is 0 Å². The minimum atomic E-state index is -3.35. The van der Waals surface area contributed by atoms with Crippen molar-refractivity contribution in [3.8, 4) is 0 Å². The zero-order valence-electron chi connectivity index (χ0n) is 13.0. The Morgan fingerprint density at radius 3 is 2.00 bits per heavy atom. The second-order valence-corrected chi connectivity index (χ2v) is 8.11. The van der Waals surface area contributed by atoms with Crippen molar-refractivity contribution in [2.45, 2.75) is 42.7 Å². The summed E-state index contributed by atoms with van der Waals surface area (Å²) in [4.78, 5) is 2.56. The Balaban J connectivity index is 2.12. The number of rotatable bonds is 4. The van der Waals surface area contributed by atoms with E-state index in [1.807, 2.05) is 12.1 Å². The molecule has 0 atom stereocenters. The Hall–Kier alpha value is -1.11. The van der Waals surface area contributed by atoms with Crippen LogP contribution in [0.2, 0.25) is 0 Å². The predicted octanol–water partition coefficient (Wildman–Crippen LogP) is 1.64. The summed E-state index contributed by atoms with van der Waals surface area (Å²) in [5.41, 5.74) is 6.99. The van der Waals surface area contributed by atoms with Gasteiger partial charge in [-0.15, -0.1) is 0 Å². The lowest BCUT2D eigenvalue weighted by molar-refractivity contribution is 0.385. The van der Waals surface area contributed by atoms with Gasteiger partial charge in [-0.3, -0.25) is 0 Å². The number of benzene rings is 1. The number of hydrogen-bond acceptors (Lipinski definition) is 4. The topological polar surface area (TPSA) is 66.6 Å². The second kappa shape index (κ2) is 6.34. The molecule has 1 fully saturated rings. The lowest BCUT2D eigenvalue weighted by atomic mass is 9.91. The predicted molar refractivity (Wildman–Crippen MR) is 85.9 cm³/mol. The van der Waals surface area contributed by atoms with Crippen LogP contribution in [-0.2, 0) is 10.0 Å². The van der Waals surface area contributed by atoms with Crippen molar-refractivity contribution in [3.05, 3.63) is 24.3 Å². The number of nitrogens with zero attached hydrogens (tertiary/aromatic N) is 2. The average molecular weight is 311 g/mol. The van der Waals surface area contributed by atoms with Crippen LogP contribution in [0.4, 0.5) is 5.69 Å². The minimum absolute atomic E-state index is 0.329. The highest BCUT2D eigenvalue weighted by Gasteiger charge is 2.23. The molecule has 0 spiro atoms. The molecule has 0 bridgehead atoms. The van der Waals surface area contributed by atoms with E-state index in [9.17, 15) is 8.42 Å². The summed E-state index contributed by atoms with van der Waals surface area (Å²) in [6.07, 6.45) is 4.30. The van der Waals surface area contributed by atoms with E-state index in [0.29, 0.717) is 17.0 Å². The molecule has 0 amide bonds. The highest BCUT2D eigenvalue weighted by atomic mass is 32.2. The normalized spacial score (nSPS) is 23.3. The van der Waals surface area contributed by atoms with E-state index in [1.54, 1.807) is 26.2 Å². The largest absolute Gasteiger partial charge is 0.372 e. The van der Waals surface area contributed by atoms with Crippen LogP contribution in [-0.4, -0.2) is 45.9 Å². The zero-order valence-corrected chi connectivity index (χ0v) is 13.8. The van der Waals surface area contributed by atoms with E-state index in [1.165, 1.54) is 4.31 Å². The third kappa shape index (κ3) is 3.56. The molecule has 0 saturated heterocycles. The van der Waals surface area contributed by atoms with Crippen molar-refractivity contribution >= 4 is 15.7 Å². The molecule has 0 heterocycles. The molecule has 1 aromatic rings. The third-order valence-electron chi connectivity index (χ3n) is 4.31. The maximum absolute atomic E-state index is 12.0. The van der Waals surface area contributed by atoms with E-state index in [4.69, 9.17) is 5.73 Å². The fourth-order valence-electron chi connectivity index (χ4n) is 2.76. The Kier molecular flexibility index (Phi) is 4.91. The highest BCUT2D eigenvalue weighted by Crippen LogP contribution is 2.26. The molecule has 5 nitrogen and oxygen atoms in total. The summed E-state index contributed by atoms with van der Waals surface area (Å²) in [6, 6.07) is 7.93. The number of nitrogens with two attached hydrogens (primary N) is 1. The zero-order chi connectivity index (χ0) is 15.6. The molecule has 0 aromatic heterocycles. The van der Waals surface area contributed by atoms with Gasteiger partial charge in [0.25, 0.3) is 0 Å². The number of anilines is 1. The molecule has 6 heteroatoms. The van der Waals surface area contributed by atoms with Crippen LogP contribution in [0.3, 0.4) is 0 Å². The molecule has 21 heavy (non-hydrogen) atoms. The first-order valence-corrected chi connectivity index (χ1v) is 8.77.